The fraction of sp³-hybridized carbons (Fsp3) is 0.0714. The summed E-state index contributed by atoms with van der Waals surface area (Å²) in [7, 11) is 0. The predicted molar refractivity (Wildman–Crippen MR) is 76.0 cm³/mol. The third kappa shape index (κ3) is 2.55. The third-order valence-electron chi connectivity index (χ3n) is 2.85. The number of aryl methyl sites for hydroxylation is 1. The van der Waals surface area contributed by atoms with Gasteiger partial charge in [-0.1, -0.05) is 6.07 Å². The SMILES string of the molecule is Cc1ccc(C(=O)O)c(-c2cncc(Br)c2)c1C(=O)O. The average Bonchev–Trinajstić information content (AvgIpc) is 2.37. The number of rotatable bonds is 3. The number of carboxylic acids is 2. The zero-order valence-corrected chi connectivity index (χ0v) is 12.0. The fourth-order valence-corrected chi connectivity index (χ4v) is 2.37. The van der Waals surface area contributed by atoms with Crippen LogP contribution in [0.15, 0.2) is 35.1 Å². The van der Waals surface area contributed by atoms with Gasteiger partial charge >= 0.3 is 11.9 Å². The minimum atomic E-state index is -1.18. The van der Waals surface area contributed by atoms with Gasteiger partial charge < -0.3 is 10.2 Å². The second kappa shape index (κ2) is 5.42. The summed E-state index contributed by atoms with van der Waals surface area (Å²) in [4.78, 5) is 26.8. The van der Waals surface area contributed by atoms with Crippen LogP contribution in [0.2, 0.25) is 0 Å². The lowest BCUT2D eigenvalue weighted by molar-refractivity contribution is 0.0695. The standard InChI is InChI=1S/C14H10BrNO4/c1-7-2-3-10(13(17)18)12(11(7)14(19)20)8-4-9(15)6-16-5-8/h2-6H,1H3,(H,17,18)(H,19,20). The maximum atomic E-state index is 11.5. The summed E-state index contributed by atoms with van der Waals surface area (Å²) < 4.78 is 0.643. The van der Waals surface area contributed by atoms with Crippen molar-refractivity contribution in [2.75, 3.05) is 0 Å². The lowest BCUT2D eigenvalue weighted by Gasteiger charge is -2.12. The van der Waals surface area contributed by atoms with E-state index in [1.807, 2.05) is 0 Å². The van der Waals surface area contributed by atoms with Crippen LogP contribution in [0.5, 0.6) is 0 Å². The molecule has 20 heavy (non-hydrogen) atoms. The van der Waals surface area contributed by atoms with Crippen LogP contribution >= 0.6 is 15.9 Å². The van der Waals surface area contributed by atoms with E-state index in [1.165, 1.54) is 18.3 Å². The van der Waals surface area contributed by atoms with Gasteiger partial charge in [-0.25, -0.2) is 9.59 Å². The van der Waals surface area contributed by atoms with E-state index in [2.05, 4.69) is 20.9 Å². The van der Waals surface area contributed by atoms with Gasteiger partial charge in [-0.2, -0.15) is 0 Å². The van der Waals surface area contributed by atoms with Gasteiger partial charge in [-0.3, -0.25) is 4.98 Å². The van der Waals surface area contributed by atoms with Crippen molar-refractivity contribution in [2.45, 2.75) is 6.92 Å². The van der Waals surface area contributed by atoms with Crippen LogP contribution in [0.3, 0.4) is 0 Å². The summed E-state index contributed by atoms with van der Waals surface area (Å²) in [5.74, 6) is -2.34. The summed E-state index contributed by atoms with van der Waals surface area (Å²) in [5.41, 5.74) is 1.02. The molecule has 0 saturated heterocycles. The summed E-state index contributed by atoms with van der Waals surface area (Å²) in [6.07, 6.45) is 2.98. The first kappa shape index (κ1) is 14.2. The van der Waals surface area contributed by atoms with Crippen LogP contribution in [-0.2, 0) is 0 Å². The van der Waals surface area contributed by atoms with E-state index in [1.54, 1.807) is 19.2 Å². The molecule has 1 aromatic heterocycles. The maximum Gasteiger partial charge on any atom is 0.336 e. The molecule has 0 unspecified atom stereocenters. The predicted octanol–water partition coefficient (Wildman–Crippen LogP) is 3.22. The summed E-state index contributed by atoms with van der Waals surface area (Å²) >= 11 is 3.24. The van der Waals surface area contributed by atoms with E-state index in [0.29, 0.717) is 15.6 Å². The van der Waals surface area contributed by atoms with Crippen LogP contribution < -0.4 is 0 Å². The van der Waals surface area contributed by atoms with E-state index >= 15 is 0 Å². The quantitative estimate of drug-likeness (QED) is 0.899. The molecule has 0 atom stereocenters. The molecule has 5 nitrogen and oxygen atoms in total. The Morgan fingerprint density at radius 2 is 1.85 bits per heavy atom. The van der Waals surface area contributed by atoms with Crippen molar-refractivity contribution in [3.8, 4) is 11.1 Å². The van der Waals surface area contributed by atoms with Gasteiger partial charge in [0.25, 0.3) is 0 Å². The zero-order chi connectivity index (χ0) is 14.9. The molecule has 0 radical (unpaired) electrons. The highest BCUT2D eigenvalue weighted by atomic mass is 79.9. The molecule has 2 N–H and O–H groups in total. The average molecular weight is 336 g/mol. The highest BCUT2D eigenvalue weighted by molar-refractivity contribution is 9.10. The van der Waals surface area contributed by atoms with Crippen molar-refractivity contribution < 1.29 is 19.8 Å². The topological polar surface area (TPSA) is 87.5 Å². The largest absolute Gasteiger partial charge is 0.478 e. The molecule has 2 rings (SSSR count). The highest BCUT2D eigenvalue weighted by Crippen LogP contribution is 2.31. The molecule has 6 heteroatoms. The first-order valence-electron chi connectivity index (χ1n) is 5.63. The molecular weight excluding hydrogens is 326 g/mol. The first-order valence-corrected chi connectivity index (χ1v) is 6.42. The minimum Gasteiger partial charge on any atom is -0.478 e. The van der Waals surface area contributed by atoms with Gasteiger partial charge in [0, 0.05) is 28.0 Å². The molecule has 0 amide bonds. The Bertz CT molecular complexity index is 712. The fourth-order valence-electron chi connectivity index (χ4n) is 2.01. The van der Waals surface area contributed by atoms with Gasteiger partial charge in [0.2, 0.25) is 0 Å². The summed E-state index contributed by atoms with van der Waals surface area (Å²) in [6, 6.07) is 4.53. The monoisotopic (exact) mass is 335 g/mol. The number of carbonyl (C=O) groups is 2. The van der Waals surface area contributed by atoms with Crippen molar-refractivity contribution in [2.24, 2.45) is 0 Å². The van der Waals surface area contributed by atoms with E-state index in [0.717, 1.165) is 0 Å². The summed E-state index contributed by atoms with van der Waals surface area (Å²) in [6.45, 7) is 1.63. The Kier molecular flexibility index (Phi) is 3.85. The van der Waals surface area contributed by atoms with Gasteiger partial charge in [-0.15, -0.1) is 0 Å². The number of carboxylic acid groups (broad SMARTS) is 2. The highest BCUT2D eigenvalue weighted by Gasteiger charge is 2.22. The number of hydrogen-bond donors (Lipinski definition) is 2. The third-order valence-corrected chi connectivity index (χ3v) is 3.29. The van der Waals surface area contributed by atoms with E-state index in [-0.39, 0.29) is 16.7 Å². The Hall–Kier alpha value is -2.21. The number of pyridine rings is 1. The number of hydrogen-bond acceptors (Lipinski definition) is 3. The normalized spacial score (nSPS) is 10.3. The van der Waals surface area contributed by atoms with Crippen molar-refractivity contribution in [3.05, 3.63) is 51.8 Å². The van der Waals surface area contributed by atoms with Gasteiger partial charge in [-0.05, 0) is 40.5 Å². The lowest BCUT2D eigenvalue weighted by Crippen LogP contribution is -2.09. The van der Waals surface area contributed by atoms with Crippen LogP contribution in [0.1, 0.15) is 26.3 Å². The van der Waals surface area contributed by atoms with Crippen LogP contribution in [0, 0.1) is 6.92 Å². The van der Waals surface area contributed by atoms with Crippen molar-refractivity contribution >= 4 is 27.9 Å². The van der Waals surface area contributed by atoms with Gasteiger partial charge in [0.1, 0.15) is 0 Å². The molecule has 1 aromatic carbocycles. The number of halogens is 1. The Morgan fingerprint density at radius 1 is 1.15 bits per heavy atom. The molecule has 2 aromatic rings. The molecule has 0 aliphatic heterocycles. The number of aromatic nitrogens is 1. The zero-order valence-electron chi connectivity index (χ0n) is 10.4. The second-order valence-electron chi connectivity index (χ2n) is 4.18. The number of aromatic carboxylic acids is 2. The van der Waals surface area contributed by atoms with Crippen molar-refractivity contribution in [1.29, 1.82) is 0 Å². The van der Waals surface area contributed by atoms with Crippen LogP contribution in [0.25, 0.3) is 11.1 Å². The molecule has 0 bridgehead atoms. The Balaban J connectivity index is 2.87. The number of nitrogens with zero attached hydrogens (tertiary/aromatic N) is 1. The first-order chi connectivity index (χ1) is 9.41. The second-order valence-corrected chi connectivity index (χ2v) is 5.10. The number of benzene rings is 1. The lowest BCUT2D eigenvalue weighted by atomic mass is 9.92. The molecular formula is C14H10BrNO4. The van der Waals surface area contributed by atoms with Gasteiger partial charge in [0.15, 0.2) is 0 Å². The van der Waals surface area contributed by atoms with E-state index in [9.17, 15) is 19.8 Å². The summed E-state index contributed by atoms with van der Waals surface area (Å²) in [5, 5.41) is 18.6. The maximum absolute atomic E-state index is 11.5. The van der Waals surface area contributed by atoms with Gasteiger partial charge in [0.05, 0.1) is 11.1 Å². The van der Waals surface area contributed by atoms with E-state index < -0.39 is 11.9 Å². The Labute approximate surface area is 123 Å². The van der Waals surface area contributed by atoms with Crippen LogP contribution in [0.4, 0.5) is 0 Å². The molecule has 1 heterocycles. The molecule has 0 spiro atoms. The molecule has 102 valence electrons. The van der Waals surface area contributed by atoms with Crippen LogP contribution in [-0.4, -0.2) is 27.1 Å². The smallest absolute Gasteiger partial charge is 0.336 e. The molecule has 0 saturated carbocycles. The van der Waals surface area contributed by atoms with Crippen molar-refractivity contribution in [1.82, 2.24) is 4.98 Å². The molecule has 0 fully saturated rings. The van der Waals surface area contributed by atoms with E-state index in [4.69, 9.17) is 0 Å². The Morgan fingerprint density at radius 3 is 2.40 bits per heavy atom. The van der Waals surface area contributed by atoms with Crippen molar-refractivity contribution in [3.63, 3.8) is 0 Å². The molecule has 0 aliphatic rings. The molecule has 0 aliphatic carbocycles. The minimum absolute atomic E-state index is 0.0233.